The number of carbonyl (C=O) groups excluding carboxylic acids is 3. The van der Waals surface area contributed by atoms with Crippen LogP contribution in [-0.4, -0.2) is 66.5 Å². The number of nitrogens with zero attached hydrogens (tertiary/aromatic N) is 2. The molecule has 45 heavy (non-hydrogen) atoms. The molecule has 2 atom stereocenters. The van der Waals surface area contributed by atoms with Gasteiger partial charge < -0.3 is 36.5 Å². The van der Waals surface area contributed by atoms with Crippen molar-refractivity contribution in [2.24, 2.45) is 0 Å². The summed E-state index contributed by atoms with van der Waals surface area (Å²) < 4.78 is 0. The van der Waals surface area contributed by atoms with Crippen molar-refractivity contribution < 1.29 is 14.4 Å². The monoisotopic (exact) mass is 610 g/mol. The molecule has 3 aromatic carbocycles. The van der Waals surface area contributed by atoms with Crippen molar-refractivity contribution in [3.63, 3.8) is 0 Å². The van der Waals surface area contributed by atoms with E-state index >= 15 is 0 Å². The quantitative estimate of drug-likeness (QED) is 0.200. The molecule has 0 aromatic heterocycles. The van der Waals surface area contributed by atoms with Crippen LogP contribution in [0.15, 0.2) is 90.1 Å². The summed E-state index contributed by atoms with van der Waals surface area (Å²) in [5, 5.41) is 12.5. The minimum Gasteiger partial charge on any atom is -0.365 e. The molecule has 3 aromatic rings. The Morgan fingerprint density at radius 1 is 0.933 bits per heavy atom. The summed E-state index contributed by atoms with van der Waals surface area (Å²) in [7, 11) is 4.00. The van der Waals surface area contributed by atoms with Crippen LogP contribution in [-0.2, 0) is 4.79 Å². The average Bonchev–Trinajstić information content (AvgIpc) is 3.54. The second-order valence-corrected chi connectivity index (χ2v) is 12.1. The Balaban J connectivity index is 1.23. The largest absolute Gasteiger partial charge is 0.365 e. The van der Waals surface area contributed by atoms with Crippen LogP contribution in [0.25, 0.3) is 0 Å². The smallest absolute Gasteiger partial charge is 0.318 e. The maximum atomic E-state index is 13.7. The van der Waals surface area contributed by atoms with Crippen LogP contribution in [0.1, 0.15) is 49.2 Å². The molecule has 11 nitrogen and oxygen atoms in total. The lowest BCUT2D eigenvalue weighted by Gasteiger charge is -2.36. The summed E-state index contributed by atoms with van der Waals surface area (Å²) in [6.45, 7) is 6.98. The third kappa shape index (κ3) is 7.27. The van der Waals surface area contributed by atoms with Crippen molar-refractivity contribution in [2.45, 2.75) is 44.9 Å². The Bertz CT molecular complexity index is 1570. The fourth-order valence-corrected chi connectivity index (χ4v) is 5.65. The first kappa shape index (κ1) is 31.6. The van der Waals surface area contributed by atoms with Gasteiger partial charge >= 0.3 is 6.03 Å². The summed E-state index contributed by atoms with van der Waals surface area (Å²) in [5.74, 6) is -0.339. The average molecular weight is 611 g/mol. The molecule has 0 spiro atoms. The van der Waals surface area contributed by atoms with Gasteiger partial charge in [-0.15, -0.1) is 0 Å². The molecule has 236 valence electrons. The van der Waals surface area contributed by atoms with E-state index in [0.29, 0.717) is 36.4 Å². The first-order chi connectivity index (χ1) is 21.5. The van der Waals surface area contributed by atoms with Crippen LogP contribution in [0.3, 0.4) is 0 Å². The van der Waals surface area contributed by atoms with Crippen LogP contribution < -0.4 is 32.1 Å². The van der Waals surface area contributed by atoms with Gasteiger partial charge in [0.1, 0.15) is 6.17 Å². The van der Waals surface area contributed by atoms with Crippen LogP contribution in [0, 0.1) is 0 Å². The normalized spacial score (nSPS) is 17.4. The number of benzene rings is 3. The van der Waals surface area contributed by atoms with E-state index < -0.39 is 5.54 Å². The molecule has 0 fully saturated rings. The molecule has 0 saturated heterocycles. The highest BCUT2D eigenvalue weighted by molar-refractivity contribution is 6.05. The van der Waals surface area contributed by atoms with E-state index in [0.717, 1.165) is 22.5 Å². The summed E-state index contributed by atoms with van der Waals surface area (Å²) in [4.78, 5) is 42.2. The van der Waals surface area contributed by atoms with Gasteiger partial charge in [-0.2, -0.15) is 0 Å². The van der Waals surface area contributed by atoms with Gasteiger partial charge in [-0.25, -0.2) is 10.2 Å². The Labute approximate surface area is 264 Å². The second kappa shape index (κ2) is 13.4. The van der Waals surface area contributed by atoms with E-state index in [-0.39, 0.29) is 30.1 Å². The highest BCUT2D eigenvalue weighted by Gasteiger charge is 2.47. The third-order valence-corrected chi connectivity index (χ3v) is 8.10. The maximum absolute atomic E-state index is 13.7. The van der Waals surface area contributed by atoms with Gasteiger partial charge in [0.05, 0.1) is 17.3 Å². The molecule has 5 rings (SSSR count). The number of urea groups is 1. The van der Waals surface area contributed by atoms with Crippen molar-refractivity contribution in [1.29, 1.82) is 0 Å². The van der Waals surface area contributed by atoms with Crippen molar-refractivity contribution in [3.8, 4) is 0 Å². The van der Waals surface area contributed by atoms with Crippen LogP contribution in [0.2, 0.25) is 0 Å². The number of nitrogens with one attached hydrogen (secondary N) is 6. The number of rotatable bonds is 10. The number of amides is 4. The zero-order valence-electron chi connectivity index (χ0n) is 26.4. The highest BCUT2D eigenvalue weighted by Crippen LogP contribution is 2.37. The van der Waals surface area contributed by atoms with E-state index in [1.807, 2.05) is 87.4 Å². The minimum atomic E-state index is -0.563. The molecule has 1 unspecified atom stereocenters. The van der Waals surface area contributed by atoms with Gasteiger partial charge in [-0.3, -0.25) is 9.59 Å². The molecular weight excluding hydrogens is 568 g/mol. The number of hydrogen-bond acceptors (Lipinski definition) is 7. The van der Waals surface area contributed by atoms with Crippen molar-refractivity contribution in [3.05, 3.63) is 101 Å². The first-order valence-electron chi connectivity index (χ1n) is 15.2. The highest BCUT2D eigenvalue weighted by atomic mass is 16.2. The van der Waals surface area contributed by atoms with Gasteiger partial charge in [0.15, 0.2) is 0 Å². The molecule has 2 aliphatic heterocycles. The van der Waals surface area contributed by atoms with E-state index in [4.69, 9.17) is 0 Å². The van der Waals surface area contributed by atoms with Crippen LogP contribution >= 0.6 is 0 Å². The first-order valence-corrected chi connectivity index (χ1v) is 15.2. The van der Waals surface area contributed by atoms with E-state index in [1.54, 1.807) is 31.2 Å². The van der Waals surface area contributed by atoms with Gasteiger partial charge in [-0.1, -0.05) is 43.3 Å². The Morgan fingerprint density at radius 2 is 1.64 bits per heavy atom. The van der Waals surface area contributed by atoms with Crippen molar-refractivity contribution >= 4 is 34.9 Å². The molecule has 0 aliphatic carbocycles. The van der Waals surface area contributed by atoms with Gasteiger partial charge in [0.2, 0.25) is 5.91 Å². The molecule has 0 saturated carbocycles. The van der Waals surface area contributed by atoms with Crippen LogP contribution in [0.5, 0.6) is 0 Å². The molecule has 2 heterocycles. The maximum Gasteiger partial charge on any atom is 0.318 e. The number of hydrazine groups is 1. The number of hydrogen-bond donors (Lipinski definition) is 6. The molecule has 2 aliphatic rings. The standard InChI is InChI=1S/C34H42N8O3/c1-6-29(43)35-24-17-15-23(16-18-24)32(44)37-26-14-10-13-25(19-26)36-31-27-20-42(34(2,3)30(27)39-40-31)33(45)38-28(21-41(4)5)22-11-8-7-9-12-22/h7-19,28,31,36,39-40H,6,20-21H2,1-5H3,(H,35,43)(H,37,44)(H,38,45)/t28-,31?/m1/s1. The molecule has 0 radical (unpaired) electrons. The van der Waals surface area contributed by atoms with Crippen LogP contribution in [0.4, 0.5) is 21.9 Å². The summed E-state index contributed by atoms with van der Waals surface area (Å²) >= 11 is 0. The van der Waals surface area contributed by atoms with Gasteiger partial charge in [-0.05, 0) is 76.0 Å². The summed E-state index contributed by atoms with van der Waals surface area (Å²) in [5.41, 5.74) is 11.7. The minimum absolute atomic E-state index is 0.0832. The zero-order chi connectivity index (χ0) is 32.1. The molecule has 4 amide bonds. The van der Waals surface area contributed by atoms with Gasteiger partial charge in [0, 0.05) is 47.7 Å². The summed E-state index contributed by atoms with van der Waals surface area (Å²) in [6.07, 6.45) is 0.121. The van der Waals surface area contributed by atoms with E-state index in [9.17, 15) is 14.4 Å². The SMILES string of the molecule is CCC(=O)Nc1ccc(C(=O)Nc2cccc(NC3NNC4=C3CN(C(=O)N[C@H](CN(C)C)c3ccccc3)C4(C)C)c2)cc1. The fraction of sp³-hybridized carbons (Fsp3) is 0.324. The van der Waals surface area contributed by atoms with Crippen molar-refractivity contribution in [2.75, 3.05) is 43.1 Å². The molecule has 6 N–H and O–H groups in total. The third-order valence-electron chi connectivity index (χ3n) is 8.10. The Kier molecular flexibility index (Phi) is 9.40. The number of carbonyl (C=O) groups is 3. The lowest BCUT2D eigenvalue weighted by Crippen LogP contribution is -2.55. The predicted octanol–water partition coefficient (Wildman–Crippen LogP) is 4.49. The predicted molar refractivity (Wildman–Crippen MR) is 178 cm³/mol. The zero-order valence-corrected chi connectivity index (χ0v) is 26.4. The topological polar surface area (TPSA) is 130 Å². The second-order valence-electron chi connectivity index (χ2n) is 12.1. The Hall–Kier alpha value is -4.87. The fourth-order valence-electron chi connectivity index (χ4n) is 5.65. The van der Waals surface area contributed by atoms with Gasteiger partial charge in [0.25, 0.3) is 5.91 Å². The van der Waals surface area contributed by atoms with E-state index in [2.05, 4.69) is 37.0 Å². The molecular formula is C34H42N8O3. The lowest BCUT2D eigenvalue weighted by molar-refractivity contribution is -0.115. The Morgan fingerprint density at radius 3 is 2.33 bits per heavy atom. The number of anilines is 3. The number of likely N-dealkylation sites (N-methyl/N-ethyl adjacent to an activating group) is 1. The molecule has 0 bridgehead atoms. The van der Waals surface area contributed by atoms with E-state index in [1.165, 1.54) is 0 Å². The van der Waals surface area contributed by atoms with Crippen molar-refractivity contribution in [1.82, 2.24) is 26.0 Å². The lowest BCUT2D eigenvalue weighted by atomic mass is 10.0. The molecule has 11 heteroatoms. The summed E-state index contributed by atoms with van der Waals surface area (Å²) in [6, 6.07) is 24.0.